The van der Waals surface area contributed by atoms with Crippen molar-refractivity contribution in [3.8, 4) is 6.07 Å². The monoisotopic (exact) mass is 217 g/mol. The number of benzene rings is 1. The highest BCUT2D eigenvalue weighted by molar-refractivity contribution is 7.86. The minimum atomic E-state index is -4.35. The third-order valence-electron chi connectivity index (χ3n) is 1.34. The zero-order valence-corrected chi connectivity index (χ0v) is 7.80. The van der Waals surface area contributed by atoms with Gasteiger partial charge in [-0.2, -0.15) is 13.7 Å². The summed E-state index contributed by atoms with van der Waals surface area (Å²) in [7, 11) is -4.35. The van der Waals surface area contributed by atoms with Crippen LogP contribution >= 0.6 is 11.6 Å². The second kappa shape index (κ2) is 3.34. The van der Waals surface area contributed by atoms with Gasteiger partial charge in [-0.25, -0.2) is 0 Å². The van der Waals surface area contributed by atoms with E-state index in [0.717, 1.165) is 6.07 Å². The van der Waals surface area contributed by atoms with Crippen LogP contribution in [-0.2, 0) is 10.1 Å². The normalized spacial score (nSPS) is 10.8. The van der Waals surface area contributed by atoms with Crippen LogP contribution in [0.25, 0.3) is 0 Å². The van der Waals surface area contributed by atoms with Crippen LogP contribution in [0.4, 0.5) is 0 Å². The first-order valence-electron chi connectivity index (χ1n) is 3.12. The third-order valence-corrected chi connectivity index (χ3v) is 2.67. The molecule has 0 radical (unpaired) electrons. The van der Waals surface area contributed by atoms with Crippen LogP contribution in [0.5, 0.6) is 0 Å². The van der Waals surface area contributed by atoms with Gasteiger partial charge in [-0.3, -0.25) is 4.55 Å². The second-order valence-electron chi connectivity index (χ2n) is 2.23. The van der Waals surface area contributed by atoms with Crippen molar-refractivity contribution in [2.24, 2.45) is 0 Å². The van der Waals surface area contributed by atoms with Crippen LogP contribution in [0.3, 0.4) is 0 Å². The summed E-state index contributed by atoms with van der Waals surface area (Å²) >= 11 is 5.49. The topological polar surface area (TPSA) is 78.2 Å². The molecule has 0 fully saturated rings. The Morgan fingerprint density at radius 3 is 2.54 bits per heavy atom. The Bertz CT molecular complexity index is 475. The summed E-state index contributed by atoms with van der Waals surface area (Å²) < 4.78 is 30.0. The number of nitrogens with zero attached hydrogens (tertiary/aromatic N) is 1. The molecule has 1 rings (SSSR count). The first-order valence-corrected chi connectivity index (χ1v) is 4.94. The Labute approximate surface area is 80.1 Å². The van der Waals surface area contributed by atoms with Crippen LogP contribution in [0.15, 0.2) is 23.1 Å². The number of halogens is 1. The highest BCUT2D eigenvalue weighted by Crippen LogP contribution is 2.21. The minimum absolute atomic E-state index is 0.110. The maximum absolute atomic E-state index is 10.7. The van der Waals surface area contributed by atoms with Crippen molar-refractivity contribution in [2.75, 3.05) is 0 Å². The van der Waals surface area contributed by atoms with Gasteiger partial charge < -0.3 is 0 Å². The highest BCUT2D eigenvalue weighted by atomic mass is 35.5. The molecular formula is C7H4ClNO3S. The third kappa shape index (κ3) is 2.18. The molecule has 4 nitrogen and oxygen atoms in total. The molecule has 0 spiro atoms. The van der Waals surface area contributed by atoms with Gasteiger partial charge in [0, 0.05) is 0 Å². The summed E-state index contributed by atoms with van der Waals surface area (Å²) in [5, 5.41) is 8.34. The zero-order valence-electron chi connectivity index (χ0n) is 6.23. The molecule has 0 aromatic heterocycles. The molecule has 0 aliphatic carbocycles. The van der Waals surface area contributed by atoms with Crippen molar-refractivity contribution in [1.29, 1.82) is 5.26 Å². The number of hydrogen-bond donors (Lipinski definition) is 1. The van der Waals surface area contributed by atoms with Gasteiger partial charge >= 0.3 is 0 Å². The highest BCUT2D eigenvalue weighted by Gasteiger charge is 2.14. The lowest BCUT2D eigenvalue weighted by atomic mass is 10.2. The first kappa shape index (κ1) is 9.99. The molecular weight excluding hydrogens is 214 g/mol. The molecule has 0 heterocycles. The average molecular weight is 218 g/mol. The fraction of sp³-hybridized carbons (Fsp3) is 0. The molecule has 1 aromatic carbocycles. The van der Waals surface area contributed by atoms with E-state index in [1.807, 2.05) is 0 Å². The summed E-state index contributed by atoms with van der Waals surface area (Å²) in [5.74, 6) is 0. The Morgan fingerprint density at radius 2 is 2.08 bits per heavy atom. The van der Waals surface area contributed by atoms with Gasteiger partial charge in [0.05, 0.1) is 16.7 Å². The molecule has 6 heteroatoms. The predicted octanol–water partition coefficient (Wildman–Crippen LogP) is 1.46. The Balaban J connectivity index is 3.47. The molecule has 1 N–H and O–H groups in total. The second-order valence-corrected chi connectivity index (χ2v) is 4.03. The molecule has 1 aromatic rings. The standard InChI is InChI=1S/C7H4ClNO3S/c8-6-2-1-5(4-9)3-7(6)13(10,11)12/h1-3H,(H,10,11,12). The summed E-state index contributed by atoms with van der Waals surface area (Å²) in [4.78, 5) is -0.451. The van der Waals surface area contributed by atoms with Gasteiger partial charge in [-0.1, -0.05) is 11.6 Å². The summed E-state index contributed by atoms with van der Waals surface area (Å²) in [6.45, 7) is 0. The lowest BCUT2D eigenvalue weighted by Crippen LogP contribution is -1.99. The van der Waals surface area contributed by atoms with Gasteiger partial charge in [0.15, 0.2) is 0 Å². The lowest BCUT2D eigenvalue weighted by molar-refractivity contribution is 0.483. The van der Waals surface area contributed by atoms with E-state index in [-0.39, 0.29) is 10.6 Å². The predicted molar refractivity (Wildman–Crippen MR) is 46.0 cm³/mol. The van der Waals surface area contributed by atoms with Crippen molar-refractivity contribution in [2.45, 2.75) is 4.90 Å². The van der Waals surface area contributed by atoms with Gasteiger partial charge in [0.2, 0.25) is 0 Å². The smallest absolute Gasteiger partial charge is 0.282 e. The molecule has 13 heavy (non-hydrogen) atoms. The Hall–Kier alpha value is -1.09. The summed E-state index contributed by atoms with van der Waals surface area (Å²) in [5.41, 5.74) is 0.122. The van der Waals surface area contributed by atoms with E-state index in [2.05, 4.69) is 0 Å². The minimum Gasteiger partial charge on any atom is -0.282 e. The molecule has 0 saturated carbocycles. The van der Waals surface area contributed by atoms with E-state index in [4.69, 9.17) is 21.4 Å². The van der Waals surface area contributed by atoms with E-state index >= 15 is 0 Å². The van der Waals surface area contributed by atoms with Crippen LogP contribution in [-0.4, -0.2) is 13.0 Å². The lowest BCUT2D eigenvalue weighted by Gasteiger charge is -1.99. The molecule has 68 valence electrons. The molecule has 0 atom stereocenters. The molecule has 0 unspecified atom stereocenters. The zero-order chi connectivity index (χ0) is 10.1. The summed E-state index contributed by atoms with van der Waals surface area (Å²) in [6.07, 6.45) is 0. The fourth-order valence-electron chi connectivity index (χ4n) is 0.771. The van der Waals surface area contributed by atoms with Gasteiger partial charge in [0.25, 0.3) is 10.1 Å². The molecule has 0 aliphatic rings. The quantitative estimate of drug-likeness (QED) is 0.723. The van der Waals surface area contributed by atoms with Crippen molar-refractivity contribution >= 4 is 21.7 Å². The van der Waals surface area contributed by atoms with Gasteiger partial charge in [0.1, 0.15) is 4.90 Å². The molecule has 0 amide bonds. The maximum atomic E-state index is 10.7. The van der Waals surface area contributed by atoms with E-state index in [9.17, 15) is 8.42 Å². The van der Waals surface area contributed by atoms with Crippen LogP contribution in [0.2, 0.25) is 5.02 Å². The van der Waals surface area contributed by atoms with Crippen LogP contribution in [0.1, 0.15) is 5.56 Å². The summed E-state index contributed by atoms with van der Waals surface area (Å²) in [6, 6.07) is 5.34. The number of nitriles is 1. The van der Waals surface area contributed by atoms with Crippen molar-refractivity contribution in [3.05, 3.63) is 28.8 Å². The van der Waals surface area contributed by atoms with E-state index in [0.29, 0.717) is 0 Å². The molecule has 0 bridgehead atoms. The molecule has 0 saturated heterocycles. The van der Waals surface area contributed by atoms with Crippen LogP contribution < -0.4 is 0 Å². The molecule has 0 aliphatic heterocycles. The Morgan fingerprint density at radius 1 is 1.46 bits per heavy atom. The largest absolute Gasteiger partial charge is 0.296 e. The first-order chi connectivity index (χ1) is 5.95. The van der Waals surface area contributed by atoms with E-state index < -0.39 is 15.0 Å². The number of hydrogen-bond acceptors (Lipinski definition) is 3. The van der Waals surface area contributed by atoms with Crippen LogP contribution in [0, 0.1) is 11.3 Å². The van der Waals surface area contributed by atoms with Crippen molar-refractivity contribution in [1.82, 2.24) is 0 Å². The van der Waals surface area contributed by atoms with Gasteiger partial charge in [-0.05, 0) is 18.2 Å². The number of rotatable bonds is 1. The van der Waals surface area contributed by atoms with E-state index in [1.165, 1.54) is 12.1 Å². The maximum Gasteiger partial charge on any atom is 0.296 e. The van der Waals surface area contributed by atoms with Crippen molar-refractivity contribution in [3.63, 3.8) is 0 Å². The SMILES string of the molecule is N#Cc1ccc(Cl)c(S(=O)(=O)O)c1. The fourth-order valence-corrected chi connectivity index (χ4v) is 1.77. The Kier molecular flexibility index (Phi) is 2.57. The van der Waals surface area contributed by atoms with Gasteiger partial charge in [-0.15, -0.1) is 0 Å². The van der Waals surface area contributed by atoms with Crippen molar-refractivity contribution < 1.29 is 13.0 Å². The average Bonchev–Trinajstić information content (AvgIpc) is 2.03. The van der Waals surface area contributed by atoms with E-state index in [1.54, 1.807) is 6.07 Å².